The minimum Gasteiger partial charge on any atom is -0.447 e. The van der Waals surface area contributed by atoms with Gasteiger partial charge in [0.25, 0.3) is 0 Å². The zero-order valence-corrected chi connectivity index (χ0v) is 11.7. The molecule has 0 spiro atoms. The standard InChI is InChI=1S/C12H24N2O5/c1-4-9(11(17)14-8(2)3)5-13-12(18)19-7-10(16)6-15/h8-10,15-16H,4-7H2,1-3H3,(H,13,18)(H,14,17). The number of rotatable bonds is 8. The zero-order chi connectivity index (χ0) is 14.8. The first kappa shape index (κ1) is 17.7. The molecular weight excluding hydrogens is 252 g/mol. The van der Waals surface area contributed by atoms with Crippen molar-refractivity contribution in [1.29, 1.82) is 0 Å². The van der Waals surface area contributed by atoms with Gasteiger partial charge in [-0.3, -0.25) is 4.79 Å². The van der Waals surface area contributed by atoms with Gasteiger partial charge in [-0.2, -0.15) is 0 Å². The molecule has 2 unspecified atom stereocenters. The summed E-state index contributed by atoms with van der Waals surface area (Å²) in [4.78, 5) is 23.0. The summed E-state index contributed by atoms with van der Waals surface area (Å²) in [5.74, 6) is -0.439. The second-order valence-electron chi connectivity index (χ2n) is 4.58. The molecular formula is C12H24N2O5. The van der Waals surface area contributed by atoms with Crippen molar-refractivity contribution in [2.75, 3.05) is 19.8 Å². The Morgan fingerprint density at radius 2 is 1.95 bits per heavy atom. The van der Waals surface area contributed by atoms with E-state index < -0.39 is 18.8 Å². The van der Waals surface area contributed by atoms with Crippen LogP contribution in [0.25, 0.3) is 0 Å². The molecule has 0 aliphatic heterocycles. The van der Waals surface area contributed by atoms with Crippen molar-refractivity contribution < 1.29 is 24.5 Å². The number of aliphatic hydroxyl groups is 2. The zero-order valence-electron chi connectivity index (χ0n) is 11.7. The average molecular weight is 276 g/mol. The first-order valence-electron chi connectivity index (χ1n) is 6.40. The molecule has 0 saturated carbocycles. The first-order valence-corrected chi connectivity index (χ1v) is 6.40. The van der Waals surface area contributed by atoms with Crippen LogP contribution in [0.1, 0.15) is 27.2 Å². The second kappa shape index (κ2) is 9.57. The lowest BCUT2D eigenvalue weighted by Gasteiger charge is -2.17. The molecule has 0 fully saturated rings. The molecule has 0 heterocycles. The van der Waals surface area contributed by atoms with E-state index in [-0.39, 0.29) is 31.0 Å². The lowest BCUT2D eigenvalue weighted by Crippen LogP contribution is -2.41. The van der Waals surface area contributed by atoms with Crippen molar-refractivity contribution in [3.8, 4) is 0 Å². The van der Waals surface area contributed by atoms with Gasteiger partial charge in [-0.25, -0.2) is 4.79 Å². The van der Waals surface area contributed by atoms with Gasteiger partial charge in [0.15, 0.2) is 0 Å². The second-order valence-corrected chi connectivity index (χ2v) is 4.58. The van der Waals surface area contributed by atoms with Crippen LogP contribution >= 0.6 is 0 Å². The number of aliphatic hydroxyl groups excluding tert-OH is 2. The van der Waals surface area contributed by atoms with Crippen molar-refractivity contribution in [2.24, 2.45) is 5.92 Å². The summed E-state index contributed by atoms with van der Waals surface area (Å²) in [6.45, 7) is 5.00. The molecule has 0 aromatic carbocycles. The quantitative estimate of drug-likeness (QED) is 0.483. The first-order chi connectivity index (χ1) is 8.90. The third-order valence-corrected chi connectivity index (χ3v) is 2.40. The lowest BCUT2D eigenvalue weighted by atomic mass is 10.1. The third kappa shape index (κ3) is 8.39. The Kier molecular flexibility index (Phi) is 8.90. The van der Waals surface area contributed by atoms with E-state index in [2.05, 4.69) is 15.4 Å². The summed E-state index contributed by atoms with van der Waals surface area (Å²) >= 11 is 0. The number of carbonyl (C=O) groups excluding carboxylic acids is 2. The molecule has 0 saturated heterocycles. The van der Waals surface area contributed by atoms with E-state index in [0.29, 0.717) is 6.42 Å². The van der Waals surface area contributed by atoms with Crippen LogP contribution in [0, 0.1) is 5.92 Å². The van der Waals surface area contributed by atoms with Crippen LogP contribution in [0.3, 0.4) is 0 Å². The van der Waals surface area contributed by atoms with Crippen molar-refractivity contribution in [2.45, 2.75) is 39.3 Å². The lowest BCUT2D eigenvalue weighted by molar-refractivity contribution is -0.125. The number of ether oxygens (including phenoxy) is 1. The fraction of sp³-hybridized carbons (Fsp3) is 0.833. The molecule has 0 radical (unpaired) electrons. The molecule has 7 heteroatoms. The normalized spacial score (nSPS) is 13.8. The van der Waals surface area contributed by atoms with Crippen LogP contribution < -0.4 is 10.6 Å². The Morgan fingerprint density at radius 3 is 2.42 bits per heavy atom. The van der Waals surface area contributed by atoms with Gasteiger partial charge in [0.2, 0.25) is 5.91 Å². The van der Waals surface area contributed by atoms with Crippen molar-refractivity contribution in [1.82, 2.24) is 10.6 Å². The largest absolute Gasteiger partial charge is 0.447 e. The summed E-state index contributed by atoms with van der Waals surface area (Å²) in [5, 5.41) is 22.8. The number of hydrogen-bond acceptors (Lipinski definition) is 5. The fourth-order valence-corrected chi connectivity index (χ4v) is 1.31. The SMILES string of the molecule is CCC(CNC(=O)OCC(O)CO)C(=O)NC(C)C. The number of carbonyl (C=O) groups is 2. The number of hydrogen-bond donors (Lipinski definition) is 4. The molecule has 2 amide bonds. The van der Waals surface area contributed by atoms with Crippen molar-refractivity contribution in [3.63, 3.8) is 0 Å². The summed E-state index contributed by atoms with van der Waals surface area (Å²) in [5.41, 5.74) is 0. The molecule has 4 N–H and O–H groups in total. The van der Waals surface area contributed by atoms with E-state index in [9.17, 15) is 9.59 Å². The third-order valence-electron chi connectivity index (χ3n) is 2.40. The van der Waals surface area contributed by atoms with E-state index in [4.69, 9.17) is 10.2 Å². The van der Waals surface area contributed by atoms with Gasteiger partial charge in [0, 0.05) is 12.6 Å². The number of alkyl carbamates (subject to hydrolysis) is 1. The molecule has 0 aromatic rings. The predicted molar refractivity (Wildman–Crippen MR) is 69.5 cm³/mol. The van der Waals surface area contributed by atoms with Gasteiger partial charge in [-0.05, 0) is 20.3 Å². The highest BCUT2D eigenvalue weighted by Crippen LogP contribution is 2.02. The monoisotopic (exact) mass is 276 g/mol. The van der Waals surface area contributed by atoms with Crippen LogP contribution in [-0.2, 0) is 9.53 Å². The minimum absolute atomic E-state index is 0.0493. The molecule has 0 aliphatic rings. The van der Waals surface area contributed by atoms with Gasteiger partial charge in [-0.15, -0.1) is 0 Å². The molecule has 0 aromatic heterocycles. The Morgan fingerprint density at radius 1 is 1.32 bits per heavy atom. The highest BCUT2D eigenvalue weighted by Gasteiger charge is 2.18. The van der Waals surface area contributed by atoms with Crippen molar-refractivity contribution >= 4 is 12.0 Å². The Balaban J connectivity index is 4.00. The summed E-state index contributed by atoms with van der Waals surface area (Å²) in [6.07, 6.45) is -1.21. The fourth-order valence-electron chi connectivity index (χ4n) is 1.31. The molecule has 0 aliphatic carbocycles. The van der Waals surface area contributed by atoms with E-state index in [0.717, 1.165) is 0 Å². The van der Waals surface area contributed by atoms with Crippen LogP contribution in [0.2, 0.25) is 0 Å². The molecule has 7 nitrogen and oxygen atoms in total. The maximum atomic E-state index is 11.7. The smallest absolute Gasteiger partial charge is 0.407 e. The molecule has 19 heavy (non-hydrogen) atoms. The highest BCUT2D eigenvalue weighted by molar-refractivity contribution is 5.79. The Labute approximate surface area is 113 Å². The Bertz CT molecular complexity index is 283. The number of amides is 2. The van der Waals surface area contributed by atoms with Crippen molar-refractivity contribution in [3.05, 3.63) is 0 Å². The molecule has 0 bridgehead atoms. The minimum atomic E-state index is -1.09. The summed E-state index contributed by atoms with van der Waals surface area (Å²) in [6, 6.07) is 0.0493. The van der Waals surface area contributed by atoms with E-state index >= 15 is 0 Å². The van der Waals surface area contributed by atoms with Gasteiger partial charge in [0.05, 0.1) is 12.5 Å². The maximum absolute atomic E-state index is 11.7. The highest BCUT2D eigenvalue weighted by atomic mass is 16.6. The number of nitrogens with one attached hydrogen (secondary N) is 2. The topological polar surface area (TPSA) is 108 Å². The van der Waals surface area contributed by atoms with Gasteiger partial charge in [0.1, 0.15) is 12.7 Å². The maximum Gasteiger partial charge on any atom is 0.407 e. The van der Waals surface area contributed by atoms with Gasteiger partial charge in [-0.1, -0.05) is 6.92 Å². The molecule has 0 rings (SSSR count). The predicted octanol–water partition coefficient (Wildman–Crippen LogP) is -0.383. The van der Waals surface area contributed by atoms with Gasteiger partial charge < -0.3 is 25.6 Å². The molecule has 2 atom stereocenters. The van der Waals surface area contributed by atoms with Gasteiger partial charge >= 0.3 is 6.09 Å². The van der Waals surface area contributed by atoms with Crippen LogP contribution in [-0.4, -0.2) is 54.1 Å². The van der Waals surface area contributed by atoms with Crippen LogP contribution in [0.4, 0.5) is 4.79 Å². The Hall–Kier alpha value is -1.34. The summed E-state index contributed by atoms with van der Waals surface area (Å²) in [7, 11) is 0. The van der Waals surface area contributed by atoms with E-state index in [1.54, 1.807) is 0 Å². The van der Waals surface area contributed by atoms with Crippen LogP contribution in [0.15, 0.2) is 0 Å². The summed E-state index contributed by atoms with van der Waals surface area (Å²) < 4.78 is 4.66. The van der Waals surface area contributed by atoms with E-state index in [1.807, 2.05) is 20.8 Å². The average Bonchev–Trinajstić information content (AvgIpc) is 2.35. The van der Waals surface area contributed by atoms with E-state index in [1.165, 1.54) is 0 Å². The van der Waals surface area contributed by atoms with Crippen LogP contribution in [0.5, 0.6) is 0 Å². The molecule has 112 valence electrons.